The molecule has 0 bridgehead atoms. The molecule has 1 saturated carbocycles. The van der Waals surface area contributed by atoms with Crippen LogP contribution >= 0.6 is 0 Å². The normalized spacial score (nSPS) is 15.5. The van der Waals surface area contributed by atoms with E-state index >= 15 is 0 Å². The van der Waals surface area contributed by atoms with Gasteiger partial charge in [0.25, 0.3) is 0 Å². The summed E-state index contributed by atoms with van der Waals surface area (Å²) in [5.41, 5.74) is 0. The highest BCUT2D eigenvalue weighted by atomic mass is 16.2. The number of nitrogens with one attached hydrogen (secondary N) is 4. The molecular formula is C12H22N4O3. The van der Waals surface area contributed by atoms with Crippen molar-refractivity contribution in [3.8, 4) is 0 Å². The predicted octanol–water partition coefficient (Wildman–Crippen LogP) is -0.521. The molecule has 1 atom stereocenters. The number of carbonyl (C=O) groups is 3. The molecule has 0 aromatic heterocycles. The molecule has 19 heavy (non-hydrogen) atoms. The Morgan fingerprint density at radius 1 is 1.26 bits per heavy atom. The van der Waals surface area contributed by atoms with Gasteiger partial charge in [-0.3, -0.25) is 14.9 Å². The fraction of sp³-hybridized carbons (Fsp3) is 0.750. The zero-order valence-corrected chi connectivity index (χ0v) is 11.4. The molecule has 0 spiro atoms. The lowest BCUT2D eigenvalue weighted by molar-refractivity contribution is -0.121. The van der Waals surface area contributed by atoms with Gasteiger partial charge in [0.2, 0.25) is 11.8 Å². The van der Waals surface area contributed by atoms with Gasteiger partial charge in [-0.25, -0.2) is 4.79 Å². The van der Waals surface area contributed by atoms with Gasteiger partial charge in [0.05, 0.1) is 6.04 Å². The van der Waals surface area contributed by atoms with Gasteiger partial charge in [0.15, 0.2) is 0 Å². The summed E-state index contributed by atoms with van der Waals surface area (Å²) >= 11 is 0. The molecule has 0 radical (unpaired) electrons. The van der Waals surface area contributed by atoms with Crippen LogP contribution < -0.4 is 21.3 Å². The van der Waals surface area contributed by atoms with Crippen LogP contribution in [-0.2, 0) is 9.59 Å². The van der Waals surface area contributed by atoms with E-state index in [4.69, 9.17) is 0 Å². The Morgan fingerprint density at radius 3 is 2.53 bits per heavy atom. The first-order valence-corrected chi connectivity index (χ1v) is 6.58. The van der Waals surface area contributed by atoms with Crippen molar-refractivity contribution in [1.29, 1.82) is 0 Å². The van der Waals surface area contributed by atoms with Gasteiger partial charge in [-0.1, -0.05) is 0 Å². The van der Waals surface area contributed by atoms with E-state index in [1.165, 1.54) is 7.05 Å². The Kier molecular flexibility index (Phi) is 6.27. The summed E-state index contributed by atoms with van der Waals surface area (Å²) in [4.78, 5) is 33.8. The molecule has 4 amide bonds. The summed E-state index contributed by atoms with van der Waals surface area (Å²) in [5.74, 6) is -0.325. The number of imide groups is 1. The molecule has 0 heterocycles. The van der Waals surface area contributed by atoms with Gasteiger partial charge in [0, 0.05) is 19.5 Å². The highest BCUT2D eigenvalue weighted by molar-refractivity contribution is 5.96. The number of carbonyl (C=O) groups excluding carboxylic acids is 3. The van der Waals surface area contributed by atoms with E-state index < -0.39 is 12.1 Å². The molecule has 0 aromatic rings. The summed E-state index contributed by atoms with van der Waals surface area (Å²) < 4.78 is 0. The molecule has 4 N–H and O–H groups in total. The van der Waals surface area contributed by atoms with Crippen molar-refractivity contribution >= 4 is 17.8 Å². The largest absolute Gasteiger partial charge is 0.353 e. The van der Waals surface area contributed by atoms with Crippen molar-refractivity contribution in [1.82, 2.24) is 21.3 Å². The fourth-order valence-electron chi connectivity index (χ4n) is 1.47. The van der Waals surface area contributed by atoms with E-state index in [-0.39, 0.29) is 11.8 Å². The van der Waals surface area contributed by atoms with Crippen molar-refractivity contribution in [2.75, 3.05) is 13.6 Å². The molecule has 0 aromatic carbocycles. The number of hydrogen-bond donors (Lipinski definition) is 4. The fourth-order valence-corrected chi connectivity index (χ4v) is 1.47. The standard InChI is InChI=1S/C12H22N4O3/c1-8(11(18)16-12(19)13-2)14-7-3-4-10(17)15-9-5-6-9/h8-9,14H,3-7H2,1-2H3,(H,15,17)(H2,13,16,18,19). The van der Waals surface area contributed by atoms with Gasteiger partial charge < -0.3 is 16.0 Å². The summed E-state index contributed by atoms with van der Waals surface area (Å²) in [6.07, 6.45) is 3.28. The topological polar surface area (TPSA) is 99.3 Å². The zero-order valence-electron chi connectivity index (χ0n) is 11.4. The minimum atomic E-state index is -0.525. The van der Waals surface area contributed by atoms with E-state index in [1.54, 1.807) is 6.92 Å². The van der Waals surface area contributed by atoms with E-state index in [2.05, 4.69) is 21.3 Å². The predicted molar refractivity (Wildman–Crippen MR) is 70.5 cm³/mol. The third kappa shape index (κ3) is 6.76. The summed E-state index contributed by atoms with van der Waals surface area (Å²) in [5, 5.41) is 10.4. The Balaban J connectivity index is 2.05. The third-order valence-electron chi connectivity index (χ3n) is 2.83. The van der Waals surface area contributed by atoms with Crippen LogP contribution in [0.4, 0.5) is 4.79 Å². The zero-order chi connectivity index (χ0) is 14.3. The van der Waals surface area contributed by atoms with Crippen molar-refractivity contribution in [3.05, 3.63) is 0 Å². The van der Waals surface area contributed by atoms with Crippen LogP contribution in [0, 0.1) is 0 Å². The molecule has 7 heteroatoms. The lowest BCUT2D eigenvalue weighted by Crippen LogP contribution is -2.47. The third-order valence-corrected chi connectivity index (χ3v) is 2.83. The maximum Gasteiger partial charge on any atom is 0.321 e. The lowest BCUT2D eigenvalue weighted by atomic mass is 10.2. The quantitative estimate of drug-likeness (QED) is 0.468. The average molecular weight is 270 g/mol. The first-order chi connectivity index (χ1) is 9.02. The van der Waals surface area contributed by atoms with Crippen molar-refractivity contribution in [2.45, 2.75) is 44.7 Å². The van der Waals surface area contributed by atoms with Crippen molar-refractivity contribution in [2.24, 2.45) is 0 Å². The van der Waals surface area contributed by atoms with Gasteiger partial charge in [-0.15, -0.1) is 0 Å². The van der Waals surface area contributed by atoms with Crippen molar-refractivity contribution in [3.63, 3.8) is 0 Å². The van der Waals surface area contributed by atoms with E-state index in [0.29, 0.717) is 25.4 Å². The van der Waals surface area contributed by atoms with E-state index in [9.17, 15) is 14.4 Å². The van der Waals surface area contributed by atoms with Crippen molar-refractivity contribution < 1.29 is 14.4 Å². The Bertz CT molecular complexity index is 342. The first-order valence-electron chi connectivity index (χ1n) is 6.58. The molecular weight excluding hydrogens is 248 g/mol. The maximum absolute atomic E-state index is 11.5. The lowest BCUT2D eigenvalue weighted by Gasteiger charge is -2.13. The molecule has 1 fully saturated rings. The molecule has 1 unspecified atom stereocenters. The Hall–Kier alpha value is -1.63. The highest BCUT2D eigenvalue weighted by Gasteiger charge is 2.22. The average Bonchev–Trinajstić information content (AvgIpc) is 3.17. The molecule has 1 aliphatic rings. The van der Waals surface area contributed by atoms with Gasteiger partial charge in [-0.05, 0) is 32.7 Å². The summed E-state index contributed by atoms with van der Waals surface area (Å²) in [6.45, 7) is 2.23. The summed E-state index contributed by atoms with van der Waals surface area (Å²) in [7, 11) is 1.44. The molecule has 7 nitrogen and oxygen atoms in total. The first kappa shape index (κ1) is 15.4. The maximum atomic E-state index is 11.5. The minimum absolute atomic E-state index is 0.0618. The highest BCUT2D eigenvalue weighted by Crippen LogP contribution is 2.18. The van der Waals surface area contributed by atoms with E-state index in [0.717, 1.165) is 12.8 Å². The number of urea groups is 1. The molecule has 1 rings (SSSR count). The molecule has 108 valence electrons. The van der Waals surface area contributed by atoms with Gasteiger partial charge in [-0.2, -0.15) is 0 Å². The van der Waals surface area contributed by atoms with Gasteiger partial charge in [0.1, 0.15) is 0 Å². The van der Waals surface area contributed by atoms with Crippen LogP contribution in [0.2, 0.25) is 0 Å². The molecule has 0 aliphatic heterocycles. The monoisotopic (exact) mass is 270 g/mol. The SMILES string of the molecule is CNC(=O)NC(=O)C(C)NCCCC(=O)NC1CC1. The Morgan fingerprint density at radius 2 is 1.95 bits per heavy atom. The number of amides is 4. The van der Waals surface area contributed by atoms with Crippen LogP contribution in [0.25, 0.3) is 0 Å². The second kappa shape index (κ2) is 7.73. The van der Waals surface area contributed by atoms with Crippen LogP contribution in [0.1, 0.15) is 32.6 Å². The smallest absolute Gasteiger partial charge is 0.321 e. The van der Waals surface area contributed by atoms with Crippen LogP contribution in [-0.4, -0.2) is 43.5 Å². The van der Waals surface area contributed by atoms with Crippen LogP contribution in [0.5, 0.6) is 0 Å². The number of hydrogen-bond acceptors (Lipinski definition) is 4. The second-order valence-corrected chi connectivity index (χ2v) is 4.69. The van der Waals surface area contributed by atoms with Gasteiger partial charge >= 0.3 is 6.03 Å². The van der Waals surface area contributed by atoms with E-state index in [1.807, 2.05) is 0 Å². The van der Waals surface area contributed by atoms with Crippen LogP contribution in [0.3, 0.4) is 0 Å². The Labute approximate surface area is 112 Å². The van der Waals surface area contributed by atoms with Crippen LogP contribution in [0.15, 0.2) is 0 Å². The molecule has 1 aliphatic carbocycles. The summed E-state index contributed by atoms with van der Waals surface area (Å²) in [6, 6.07) is -0.607. The number of rotatable bonds is 7. The minimum Gasteiger partial charge on any atom is -0.353 e. The second-order valence-electron chi connectivity index (χ2n) is 4.69. The molecule has 0 saturated heterocycles.